The SMILES string of the molecule is Cc1ccc(Cc2cnc(NCCSCc3cccc(CN(C)C)c3)[nH]c2=O)cc1. The van der Waals surface area contributed by atoms with E-state index in [1.54, 1.807) is 6.20 Å². The number of hydrogen-bond donors (Lipinski definition) is 2. The van der Waals surface area contributed by atoms with Gasteiger partial charge in [-0.05, 0) is 37.7 Å². The number of aromatic nitrogens is 2. The van der Waals surface area contributed by atoms with Crippen LogP contribution in [-0.2, 0) is 18.7 Å². The van der Waals surface area contributed by atoms with Crippen molar-refractivity contribution in [1.82, 2.24) is 14.9 Å². The third-order valence-corrected chi connectivity index (χ3v) is 5.72. The molecule has 30 heavy (non-hydrogen) atoms. The molecule has 6 heteroatoms. The van der Waals surface area contributed by atoms with E-state index >= 15 is 0 Å². The van der Waals surface area contributed by atoms with Gasteiger partial charge < -0.3 is 10.2 Å². The van der Waals surface area contributed by atoms with Gasteiger partial charge in [-0.3, -0.25) is 9.78 Å². The summed E-state index contributed by atoms with van der Waals surface area (Å²) in [5, 5.41) is 3.21. The Morgan fingerprint density at radius 1 is 1.07 bits per heavy atom. The lowest BCUT2D eigenvalue weighted by Crippen LogP contribution is -2.18. The molecular weight excluding hydrogens is 392 g/mol. The Labute approximate surface area is 182 Å². The molecule has 158 valence electrons. The Bertz CT molecular complexity index is 999. The van der Waals surface area contributed by atoms with E-state index < -0.39 is 0 Å². The standard InChI is InChI=1S/C24H30N4OS/c1-18-7-9-19(10-8-18)14-22-15-26-24(27-23(22)29)25-11-12-30-17-21-6-4-5-20(13-21)16-28(2)3/h4-10,13,15H,11-12,14,16-17H2,1-3H3,(H2,25,26,27,29). The zero-order chi connectivity index (χ0) is 21.3. The second-order valence-corrected chi connectivity index (χ2v) is 8.89. The second-order valence-electron chi connectivity index (χ2n) is 7.79. The average molecular weight is 423 g/mol. The van der Waals surface area contributed by atoms with Crippen molar-refractivity contribution in [3.05, 3.63) is 92.9 Å². The molecule has 0 atom stereocenters. The first kappa shape index (κ1) is 22.1. The molecule has 5 nitrogen and oxygen atoms in total. The van der Waals surface area contributed by atoms with Crippen LogP contribution in [0, 0.1) is 6.92 Å². The Morgan fingerprint density at radius 2 is 1.83 bits per heavy atom. The molecule has 0 saturated heterocycles. The molecule has 0 radical (unpaired) electrons. The number of hydrogen-bond acceptors (Lipinski definition) is 5. The smallest absolute Gasteiger partial charge is 0.255 e. The monoisotopic (exact) mass is 422 g/mol. The molecule has 0 amide bonds. The molecule has 1 aromatic heterocycles. The summed E-state index contributed by atoms with van der Waals surface area (Å²) in [5.41, 5.74) is 5.59. The summed E-state index contributed by atoms with van der Waals surface area (Å²) >= 11 is 1.87. The quantitative estimate of drug-likeness (QED) is 0.482. The largest absolute Gasteiger partial charge is 0.355 e. The molecule has 0 aliphatic carbocycles. The molecular formula is C24H30N4OS. The van der Waals surface area contributed by atoms with Gasteiger partial charge in [-0.25, -0.2) is 4.98 Å². The number of aromatic amines is 1. The van der Waals surface area contributed by atoms with Crippen LogP contribution in [0.15, 0.2) is 59.5 Å². The summed E-state index contributed by atoms with van der Waals surface area (Å²) < 4.78 is 0. The van der Waals surface area contributed by atoms with E-state index in [1.807, 2.05) is 23.9 Å². The lowest BCUT2D eigenvalue weighted by molar-refractivity contribution is 0.402. The Morgan fingerprint density at radius 3 is 2.57 bits per heavy atom. The van der Waals surface area contributed by atoms with E-state index in [0.717, 1.165) is 30.2 Å². The molecule has 2 aromatic carbocycles. The highest BCUT2D eigenvalue weighted by atomic mass is 32.2. The van der Waals surface area contributed by atoms with Gasteiger partial charge in [-0.15, -0.1) is 0 Å². The highest BCUT2D eigenvalue weighted by Crippen LogP contribution is 2.14. The first-order valence-corrected chi connectivity index (χ1v) is 11.3. The molecule has 0 bridgehead atoms. The minimum Gasteiger partial charge on any atom is -0.355 e. The number of aryl methyl sites for hydroxylation is 1. The third kappa shape index (κ3) is 7.04. The van der Waals surface area contributed by atoms with Crippen molar-refractivity contribution in [3.8, 4) is 0 Å². The van der Waals surface area contributed by atoms with Gasteiger partial charge in [0.25, 0.3) is 5.56 Å². The van der Waals surface area contributed by atoms with Gasteiger partial charge in [0, 0.05) is 42.8 Å². The normalized spacial score (nSPS) is 11.1. The van der Waals surface area contributed by atoms with Crippen molar-refractivity contribution in [3.63, 3.8) is 0 Å². The summed E-state index contributed by atoms with van der Waals surface area (Å²) in [6.07, 6.45) is 2.26. The maximum atomic E-state index is 12.3. The van der Waals surface area contributed by atoms with Gasteiger partial charge in [0.2, 0.25) is 5.95 Å². The lowest BCUT2D eigenvalue weighted by Gasteiger charge is -2.11. The van der Waals surface area contributed by atoms with Crippen molar-refractivity contribution in [2.24, 2.45) is 0 Å². The Hall–Kier alpha value is -2.57. The van der Waals surface area contributed by atoms with Gasteiger partial charge >= 0.3 is 0 Å². The van der Waals surface area contributed by atoms with Crippen LogP contribution in [-0.4, -0.2) is 41.3 Å². The van der Waals surface area contributed by atoms with Crippen LogP contribution in [0.5, 0.6) is 0 Å². The molecule has 0 unspecified atom stereocenters. The number of benzene rings is 2. The van der Waals surface area contributed by atoms with Crippen molar-refractivity contribution >= 4 is 17.7 Å². The first-order valence-electron chi connectivity index (χ1n) is 10.2. The fraction of sp³-hybridized carbons (Fsp3) is 0.333. The van der Waals surface area contributed by atoms with Crippen LogP contribution in [0.25, 0.3) is 0 Å². The molecule has 0 aliphatic heterocycles. The average Bonchev–Trinajstić information content (AvgIpc) is 2.71. The number of H-pyrrole nitrogens is 1. The van der Waals surface area contributed by atoms with Crippen molar-refractivity contribution in [2.75, 3.05) is 31.7 Å². The van der Waals surface area contributed by atoms with Crippen LogP contribution in [0.4, 0.5) is 5.95 Å². The molecule has 0 saturated carbocycles. The predicted molar refractivity (Wildman–Crippen MR) is 127 cm³/mol. The third-order valence-electron chi connectivity index (χ3n) is 4.69. The Kier molecular flexibility index (Phi) is 8.11. The number of thioether (sulfide) groups is 1. The minimum absolute atomic E-state index is 0.0848. The molecule has 2 N–H and O–H groups in total. The van der Waals surface area contributed by atoms with Crippen molar-refractivity contribution in [2.45, 2.75) is 25.6 Å². The number of nitrogens with zero attached hydrogens (tertiary/aromatic N) is 2. The van der Waals surface area contributed by atoms with Gasteiger partial charge in [0.15, 0.2) is 0 Å². The maximum Gasteiger partial charge on any atom is 0.255 e. The number of rotatable bonds is 10. The summed E-state index contributed by atoms with van der Waals surface area (Å²) in [6.45, 7) is 3.76. The second kappa shape index (κ2) is 11.0. The van der Waals surface area contributed by atoms with E-state index in [-0.39, 0.29) is 5.56 Å². The van der Waals surface area contributed by atoms with E-state index in [4.69, 9.17) is 0 Å². The van der Waals surface area contributed by atoms with E-state index in [0.29, 0.717) is 17.9 Å². The highest BCUT2D eigenvalue weighted by molar-refractivity contribution is 7.98. The molecule has 3 aromatic rings. The van der Waals surface area contributed by atoms with Crippen LogP contribution >= 0.6 is 11.8 Å². The lowest BCUT2D eigenvalue weighted by atomic mass is 10.1. The van der Waals surface area contributed by atoms with E-state index in [9.17, 15) is 4.79 Å². The highest BCUT2D eigenvalue weighted by Gasteiger charge is 2.04. The van der Waals surface area contributed by atoms with Crippen LogP contribution in [0.1, 0.15) is 27.8 Å². The van der Waals surface area contributed by atoms with E-state index in [2.05, 4.69) is 77.6 Å². The molecule has 0 fully saturated rings. The molecule has 1 heterocycles. The zero-order valence-corrected chi connectivity index (χ0v) is 18.8. The topological polar surface area (TPSA) is 61.0 Å². The van der Waals surface area contributed by atoms with Gasteiger partial charge in [0.05, 0.1) is 0 Å². The summed E-state index contributed by atoms with van der Waals surface area (Å²) in [6, 6.07) is 17.0. The predicted octanol–water partition coefficient (Wildman–Crippen LogP) is 4.08. The molecule has 0 aliphatic rings. The summed E-state index contributed by atoms with van der Waals surface area (Å²) in [5.74, 6) is 2.44. The first-order chi connectivity index (χ1) is 14.5. The summed E-state index contributed by atoms with van der Waals surface area (Å²) in [4.78, 5) is 21.7. The maximum absolute atomic E-state index is 12.3. The number of anilines is 1. The molecule has 3 rings (SSSR count). The van der Waals surface area contributed by atoms with Crippen LogP contribution < -0.4 is 10.9 Å². The zero-order valence-electron chi connectivity index (χ0n) is 17.9. The Balaban J connectivity index is 1.43. The number of nitrogens with one attached hydrogen (secondary N) is 2. The van der Waals surface area contributed by atoms with Gasteiger partial charge in [-0.2, -0.15) is 11.8 Å². The van der Waals surface area contributed by atoms with Gasteiger partial charge in [0.1, 0.15) is 0 Å². The van der Waals surface area contributed by atoms with Crippen LogP contribution in [0.3, 0.4) is 0 Å². The fourth-order valence-electron chi connectivity index (χ4n) is 3.18. The molecule has 0 spiro atoms. The van der Waals surface area contributed by atoms with Crippen molar-refractivity contribution < 1.29 is 0 Å². The summed E-state index contributed by atoms with van der Waals surface area (Å²) in [7, 11) is 4.17. The fourth-order valence-corrected chi connectivity index (χ4v) is 3.98. The van der Waals surface area contributed by atoms with E-state index in [1.165, 1.54) is 16.7 Å². The minimum atomic E-state index is -0.0848. The van der Waals surface area contributed by atoms with Crippen LogP contribution in [0.2, 0.25) is 0 Å². The van der Waals surface area contributed by atoms with Gasteiger partial charge in [-0.1, -0.05) is 54.1 Å². The van der Waals surface area contributed by atoms with Crippen molar-refractivity contribution in [1.29, 1.82) is 0 Å².